The van der Waals surface area contributed by atoms with Gasteiger partial charge in [-0.05, 0) is 25.1 Å². The number of carbonyl (C=O) groups is 1. The van der Waals surface area contributed by atoms with Crippen LogP contribution in [-0.2, 0) is 14.8 Å². The number of aromatic nitrogens is 1. The van der Waals surface area contributed by atoms with E-state index < -0.39 is 20.9 Å². The van der Waals surface area contributed by atoms with Crippen LogP contribution in [0.4, 0.5) is 10.8 Å². The molecular formula is C17H16N4O5S2. The highest BCUT2D eigenvalue weighted by Gasteiger charge is 2.15. The molecule has 0 aliphatic heterocycles. The topological polar surface area (TPSA) is 131 Å². The maximum atomic E-state index is 12.2. The van der Waals surface area contributed by atoms with Gasteiger partial charge in [0.05, 0.1) is 20.0 Å². The molecule has 3 aromatic rings. The molecule has 1 amide bonds. The minimum Gasteiger partial charge on any atom is -0.302 e. The number of rotatable bonds is 7. The standard InChI is InChI=1S/C17H16N4O5S2/c1-11-2-5-13(6-3-11)28(25,26)18-9-8-16(22)20-17-19-14-7-4-12(21(23)24)10-15(14)27-17/h2-7,10,18H,8-9H2,1H3,(H,19,20,22). The maximum Gasteiger partial charge on any atom is 0.270 e. The zero-order valence-corrected chi connectivity index (χ0v) is 16.3. The molecule has 0 atom stereocenters. The Hall–Kier alpha value is -2.89. The van der Waals surface area contributed by atoms with E-state index >= 15 is 0 Å². The van der Waals surface area contributed by atoms with Crippen LogP contribution in [0.1, 0.15) is 12.0 Å². The molecule has 0 radical (unpaired) electrons. The minimum atomic E-state index is -3.69. The number of non-ortho nitro benzene ring substituents is 1. The van der Waals surface area contributed by atoms with Gasteiger partial charge in [-0.25, -0.2) is 18.1 Å². The molecule has 3 rings (SSSR count). The third-order valence-corrected chi connectivity index (χ3v) is 6.22. The summed E-state index contributed by atoms with van der Waals surface area (Å²) in [5.41, 5.74) is 1.42. The highest BCUT2D eigenvalue weighted by atomic mass is 32.2. The summed E-state index contributed by atoms with van der Waals surface area (Å²) in [4.78, 5) is 26.7. The Morgan fingerprint density at radius 2 is 1.93 bits per heavy atom. The molecule has 0 spiro atoms. The highest BCUT2D eigenvalue weighted by Crippen LogP contribution is 2.29. The molecule has 2 aromatic carbocycles. The highest BCUT2D eigenvalue weighted by molar-refractivity contribution is 7.89. The van der Waals surface area contributed by atoms with Crippen LogP contribution in [0.25, 0.3) is 10.2 Å². The number of anilines is 1. The van der Waals surface area contributed by atoms with Crippen LogP contribution in [0.3, 0.4) is 0 Å². The SMILES string of the molecule is Cc1ccc(S(=O)(=O)NCCC(=O)Nc2nc3ccc([N+](=O)[O-])cc3s2)cc1. The van der Waals surface area contributed by atoms with Crippen molar-refractivity contribution in [3.05, 3.63) is 58.1 Å². The molecule has 0 unspecified atom stereocenters. The third-order valence-electron chi connectivity index (χ3n) is 3.80. The van der Waals surface area contributed by atoms with Gasteiger partial charge in [-0.15, -0.1) is 0 Å². The molecule has 0 saturated carbocycles. The predicted molar refractivity (Wildman–Crippen MR) is 106 cm³/mol. The summed E-state index contributed by atoms with van der Waals surface area (Å²) < 4.78 is 27.3. The van der Waals surface area contributed by atoms with E-state index in [4.69, 9.17) is 0 Å². The first kappa shape index (κ1) is 19.9. The van der Waals surface area contributed by atoms with Gasteiger partial charge >= 0.3 is 0 Å². The molecule has 1 aromatic heterocycles. The van der Waals surface area contributed by atoms with Crippen molar-refractivity contribution in [3.63, 3.8) is 0 Å². The second-order valence-corrected chi connectivity index (χ2v) is 8.73. The summed E-state index contributed by atoms with van der Waals surface area (Å²) >= 11 is 1.11. The fourth-order valence-electron chi connectivity index (χ4n) is 2.36. The number of hydrogen-bond acceptors (Lipinski definition) is 7. The predicted octanol–water partition coefficient (Wildman–Crippen LogP) is 2.82. The number of nitrogens with zero attached hydrogens (tertiary/aromatic N) is 2. The molecular weight excluding hydrogens is 404 g/mol. The summed E-state index contributed by atoms with van der Waals surface area (Å²) in [5.74, 6) is -0.417. The second-order valence-electron chi connectivity index (χ2n) is 5.94. The first-order valence-electron chi connectivity index (χ1n) is 8.16. The monoisotopic (exact) mass is 420 g/mol. The van der Waals surface area contributed by atoms with E-state index in [2.05, 4.69) is 15.0 Å². The largest absolute Gasteiger partial charge is 0.302 e. The van der Waals surface area contributed by atoms with Crippen molar-refractivity contribution in [2.45, 2.75) is 18.2 Å². The summed E-state index contributed by atoms with van der Waals surface area (Å²) in [6.45, 7) is 1.78. The van der Waals surface area contributed by atoms with E-state index in [0.29, 0.717) is 15.3 Å². The molecule has 2 N–H and O–H groups in total. The normalized spacial score (nSPS) is 11.5. The fraction of sp³-hybridized carbons (Fsp3) is 0.176. The first-order valence-corrected chi connectivity index (χ1v) is 10.5. The van der Waals surface area contributed by atoms with Crippen LogP contribution in [0.2, 0.25) is 0 Å². The van der Waals surface area contributed by atoms with E-state index in [1.807, 2.05) is 6.92 Å². The molecule has 28 heavy (non-hydrogen) atoms. The van der Waals surface area contributed by atoms with Crippen LogP contribution in [0.5, 0.6) is 0 Å². The van der Waals surface area contributed by atoms with Crippen LogP contribution in [-0.4, -0.2) is 30.8 Å². The Morgan fingerprint density at radius 3 is 2.61 bits per heavy atom. The smallest absolute Gasteiger partial charge is 0.270 e. The van der Waals surface area contributed by atoms with Gasteiger partial charge in [0.2, 0.25) is 15.9 Å². The Labute approximate surface area is 164 Å². The lowest BCUT2D eigenvalue weighted by molar-refractivity contribution is -0.384. The lowest BCUT2D eigenvalue weighted by atomic mass is 10.2. The van der Waals surface area contributed by atoms with Gasteiger partial charge < -0.3 is 5.32 Å². The van der Waals surface area contributed by atoms with E-state index in [9.17, 15) is 23.3 Å². The number of hydrogen-bond donors (Lipinski definition) is 2. The second kappa shape index (κ2) is 8.00. The summed E-state index contributed by atoms with van der Waals surface area (Å²) in [7, 11) is -3.69. The number of thiazole rings is 1. The lowest BCUT2D eigenvalue weighted by Gasteiger charge is -2.07. The summed E-state index contributed by atoms with van der Waals surface area (Å²) in [6.07, 6.45) is -0.0822. The third kappa shape index (κ3) is 4.68. The average molecular weight is 420 g/mol. The number of amides is 1. The molecule has 0 aliphatic carbocycles. The quantitative estimate of drug-likeness (QED) is 0.446. The van der Waals surface area contributed by atoms with Crippen LogP contribution in [0.15, 0.2) is 47.4 Å². The Morgan fingerprint density at radius 1 is 1.21 bits per heavy atom. The Kier molecular flexibility index (Phi) is 5.68. The van der Waals surface area contributed by atoms with Crippen molar-refractivity contribution < 1.29 is 18.1 Å². The van der Waals surface area contributed by atoms with Crippen molar-refractivity contribution >= 4 is 48.3 Å². The number of aryl methyl sites for hydroxylation is 1. The Bertz CT molecular complexity index is 1140. The van der Waals surface area contributed by atoms with Crippen LogP contribution in [0, 0.1) is 17.0 Å². The molecule has 0 aliphatic rings. The number of nitro groups is 1. The zero-order valence-electron chi connectivity index (χ0n) is 14.7. The van der Waals surface area contributed by atoms with Crippen molar-refractivity contribution in [1.29, 1.82) is 0 Å². The van der Waals surface area contributed by atoms with Gasteiger partial charge in [-0.3, -0.25) is 14.9 Å². The average Bonchev–Trinajstić information content (AvgIpc) is 3.03. The molecule has 9 nitrogen and oxygen atoms in total. The van der Waals surface area contributed by atoms with Crippen molar-refractivity contribution in [1.82, 2.24) is 9.71 Å². The first-order chi connectivity index (χ1) is 13.2. The molecule has 11 heteroatoms. The van der Waals surface area contributed by atoms with Gasteiger partial charge in [0.25, 0.3) is 5.69 Å². The number of carbonyl (C=O) groups excluding carboxylic acids is 1. The molecule has 0 saturated heterocycles. The Balaban J connectivity index is 1.57. The van der Waals surface area contributed by atoms with E-state index in [-0.39, 0.29) is 23.5 Å². The molecule has 146 valence electrons. The summed E-state index contributed by atoms with van der Waals surface area (Å²) in [5, 5.41) is 13.7. The lowest BCUT2D eigenvalue weighted by Crippen LogP contribution is -2.27. The number of nitrogens with one attached hydrogen (secondary N) is 2. The van der Waals surface area contributed by atoms with Gasteiger partial charge in [-0.2, -0.15) is 0 Å². The number of nitro benzene ring substituents is 1. The van der Waals surface area contributed by atoms with E-state index in [1.54, 1.807) is 12.1 Å². The van der Waals surface area contributed by atoms with Crippen molar-refractivity contribution in [2.24, 2.45) is 0 Å². The maximum absolute atomic E-state index is 12.2. The molecule has 0 bridgehead atoms. The van der Waals surface area contributed by atoms with Gasteiger partial charge in [-0.1, -0.05) is 29.0 Å². The van der Waals surface area contributed by atoms with Crippen molar-refractivity contribution in [2.75, 3.05) is 11.9 Å². The van der Waals surface area contributed by atoms with Crippen LogP contribution >= 0.6 is 11.3 Å². The summed E-state index contributed by atoms with van der Waals surface area (Å²) in [6, 6.07) is 10.6. The minimum absolute atomic E-state index is 0.0560. The van der Waals surface area contributed by atoms with E-state index in [0.717, 1.165) is 16.9 Å². The molecule has 0 fully saturated rings. The van der Waals surface area contributed by atoms with Gasteiger partial charge in [0, 0.05) is 25.1 Å². The number of sulfonamides is 1. The molecule has 1 heterocycles. The fourth-order valence-corrected chi connectivity index (χ4v) is 4.31. The van der Waals surface area contributed by atoms with Gasteiger partial charge in [0.1, 0.15) is 0 Å². The number of fused-ring (bicyclic) bond motifs is 1. The van der Waals surface area contributed by atoms with Crippen LogP contribution < -0.4 is 10.0 Å². The van der Waals surface area contributed by atoms with Crippen molar-refractivity contribution in [3.8, 4) is 0 Å². The number of benzene rings is 2. The zero-order chi connectivity index (χ0) is 20.3. The van der Waals surface area contributed by atoms with Gasteiger partial charge in [0.15, 0.2) is 5.13 Å². The van der Waals surface area contributed by atoms with E-state index in [1.165, 1.54) is 30.3 Å².